The minimum Gasteiger partial charge on any atom is -0.294 e. The molecule has 1 aromatic rings. The van der Waals surface area contributed by atoms with Crippen molar-refractivity contribution in [2.24, 2.45) is 0 Å². The van der Waals surface area contributed by atoms with Crippen molar-refractivity contribution in [1.29, 1.82) is 0 Å². The number of carbonyl (C=O) groups is 1. The molecule has 3 nitrogen and oxygen atoms in total. The summed E-state index contributed by atoms with van der Waals surface area (Å²) in [6, 6.07) is 3.70. The fourth-order valence-electron chi connectivity index (χ4n) is 0.991. The molecule has 0 fully saturated rings. The second kappa shape index (κ2) is 3.26. The molecule has 0 bridgehead atoms. The number of hydrogen-bond acceptors (Lipinski definition) is 2. The zero-order chi connectivity index (χ0) is 10.1. The van der Waals surface area contributed by atoms with Crippen LogP contribution in [0.5, 0.6) is 0 Å². The summed E-state index contributed by atoms with van der Waals surface area (Å²) in [6.07, 6.45) is 1.63. The highest BCUT2D eigenvalue weighted by Crippen LogP contribution is 2.13. The lowest BCUT2D eigenvalue weighted by Crippen LogP contribution is -2.35. The Morgan fingerprint density at radius 1 is 1.31 bits per heavy atom. The predicted octanol–water partition coefficient (Wildman–Crippen LogP) is 1.48. The number of pyridine rings is 1. The summed E-state index contributed by atoms with van der Waals surface area (Å²) in [5.74, 6) is 1.01. The summed E-state index contributed by atoms with van der Waals surface area (Å²) in [6.45, 7) is 1.54. The third-order valence-corrected chi connectivity index (χ3v) is 1.84. The second-order valence-electron chi connectivity index (χ2n) is 3.97. The SMILES string of the molecule is CC(=O)c1ccc([N+](C)(C)C)nc1. The molecule has 0 aliphatic carbocycles. The van der Waals surface area contributed by atoms with Crippen molar-refractivity contribution in [3.63, 3.8) is 0 Å². The summed E-state index contributed by atoms with van der Waals surface area (Å²) in [4.78, 5) is 15.2. The molecule has 1 heterocycles. The van der Waals surface area contributed by atoms with E-state index >= 15 is 0 Å². The molecule has 0 amide bonds. The van der Waals surface area contributed by atoms with Crippen LogP contribution in [-0.4, -0.2) is 31.9 Å². The number of aromatic nitrogens is 1. The minimum atomic E-state index is 0.0560. The Morgan fingerprint density at radius 2 is 1.92 bits per heavy atom. The lowest BCUT2D eigenvalue weighted by molar-refractivity contribution is 0.101. The van der Waals surface area contributed by atoms with Crippen LogP contribution in [0, 0.1) is 0 Å². The van der Waals surface area contributed by atoms with Gasteiger partial charge in [-0.3, -0.25) is 9.28 Å². The van der Waals surface area contributed by atoms with E-state index in [1.165, 1.54) is 0 Å². The molecule has 1 aromatic heterocycles. The van der Waals surface area contributed by atoms with Gasteiger partial charge in [0.1, 0.15) is 0 Å². The maximum atomic E-state index is 11.0. The number of rotatable bonds is 2. The number of carbonyl (C=O) groups excluding carboxylic acids is 1. The minimum absolute atomic E-state index is 0.0560. The second-order valence-corrected chi connectivity index (χ2v) is 3.97. The number of nitrogens with zero attached hydrogens (tertiary/aromatic N) is 2. The number of ketones is 1. The van der Waals surface area contributed by atoms with E-state index in [1.54, 1.807) is 13.1 Å². The van der Waals surface area contributed by atoms with Gasteiger partial charge in [-0.15, -0.1) is 0 Å². The van der Waals surface area contributed by atoms with Gasteiger partial charge in [0, 0.05) is 17.8 Å². The van der Waals surface area contributed by atoms with Crippen LogP contribution >= 0.6 is 0 Å². The monoisotopic (exact) mass is 179 g/mol. The van der Waals surface area contributed by atoms with Gasteiger partial charge in [-0.25, -0.2) is 4.98 Å². The van der Waals surface area contributed by atoms with Gasteiger partial charge in [-0.1, -0.05) is 0 Å². The molecular weight excluding hydrogens is 164 g/mol. The molecule has 0 aliphatic heterocycles. The van der Waals surface area contributed by atoms with Gasteiger partial charge in [0.05, 0.1) is 21.1 Å². The van der Waals surface area contributed by atoms with E-state index in [2.05, 4.69) is 4.98 Å². The fourth-order valence-corrected chi connectivity index (χ4v) is 0.991. The molecule has 0 atom stereocenters. The standard InChI is InChI=1S/C10H15N2O/c1-8(13)9-5-6-10(11-7-9)12(2,3)4/h5-7H,1-4H3/q+1. The van der Waals surface area contributed by atoms with Crippen molar-refractivity contribution in [3.8, 4) is 0 Å². The van der Waals surface area contributed by atoms with Crippen molar-refractivity contribution in [3.05, 3.63) is 23.9 Å². The van der Waals surface area contributed by atoms with E-state index in [-0.39, 0.29) is 5.78 Å². The Balaban J connectivity index is 3.01. The van der Waals surface area contributed by atoms with Crippen molar-refractivity contribution in [2.75, 3.05) is 21.1 Å². The number of hydrogen-bond donors (Lipinski definition) is 0. The van der Waals surface area contributed by atoms with Crippen molar-refractivity contribution >= 4 is 11.6 Å². The Hall–Kier alpha value is -1.22. The van der Waals surface area contributed by atoms with Gasteiger partial charge in [0.15, 0.2) is 5.78 Å². The quantitative estimate of drug-likeness (QED) is 0.508. The van der Waals surface area contributed by atoms with Crippen LogP contribution in [0.4, 0.5) is 5.82 Å². The molecule has 0 saturated heterocycles. The van der Waals surface area contributed by atoms with Crippen molar-refractivity contribution in [2.45, 2.75) is 6.92 Å². The van der Waals surface area contributed by atoms with Crippen LogP contribution in [0.3, 0.4) is 0 Å². The van der Waals surface area contributed by atoms with Crippen LogP contribution in [0.25, 0.3) is 0 Å². The molecule has 0 aliphatic rings. The lowest BCUT2D eigenvalue weighted by atomic mass is 10.2. The summed E-state index contributed by atoms with van der Waals surface area (Å²) >= 11 is 0. The first-order valence-electron chi connectivity index (χ1n) is 4.20. The Kier molecular flexibility index (Phi) is 2.48. The smallest absolute Gasteiger partial charge is 0.226 e. The first kappa shape index (κ1) is 9.86. The highest BCUT2D eigenvalue weighted by atomic mass is 16.1. The van der Waals surface area contributed by atoms with Crippen molar-refractivity contribution < 1.29 is 4.79 Å². The number of quaternary nitrogens is 1. The molecule has 3 heteroatoms. The maximum absolute atomic E-state index is 11.0. The van der Waals surface area contributed by atoms with Gasteiger partial charge in [0.2, 0.25) is 5.82 Å². The Morgan fingerprint density at radius 3 is 2.23 bits per heavy atom. The van der Waals surface area contributed by atoms with Gasteiger partial charge in [-0.05, 0) is 13.0 Å². The molecule has 0 aromatic carbocycles. The summed E-state index contributed by atoms with van der Waals surface area (Å²) in [5, 5.41) is 0. The molecule has 1 rings (SSSR count). The van der Waals surface area contributed by atoms with Crippen LogP contribution in [0.1, 0.15) is 17.3 Å². The van der Waals surface area contributed by atoms with E-state index < -0.39 is 0 Å². The third-order valence-electron chi connectivity index (χ3n) is 1.84. The fraction of sp³-hybridized carbons (Fsp3) is 0.400. The molecule has 0 spiro atoms. The van der Waals surface area contributed by atoms with Crippen LogP contribution in [0.15, 0.2) is 18.3 Å². The molecule has 13 heavy (non-hydrogen) atoms. The van der Waals surface area contributed by atoms with Crippen molar-refractivity contribution in [1.82, 2.24) is 9.47 Å². The number of Topliss-reactive ketones (excluding diaryl/α,β-unsaturated/α-hetero) is 1. The predicted molar refractivity (Wildman–Crippen MR) is 53.8 cm³/mol. The Labute approximate surface area is 78.6 Å². The zero-order valence-electron chi connectivity index (χ0n) is 8.53. The average molecular weight is 179 g/mol. The molecule has 70 valence electrons. The highest BCUT2D eigenvalue weighted by molar-refractivity contribution is 5.93. The first-order valence-corrected chi connectivity index (χ1v) is 4.20. The van der Waals surface area contributed by atoms with E-state index in [1.807, 2.05) is 33.3 Å². The summed E-state index contributed by atoms with van der Waals surface area (Å²) in [5.41, 5.74) is 0.664. The molecule has 0 unspecified atom stereocenters. The first-order chi connectivity index (χ1) is 5.91. The van der Waals surface area contributed by atoms with Gasteiger partial charge >= 0.3 is 0 Å². The largest absolute Gasteiger partial charge is 0.294 e. The normalized spacial score (nSPS) is 11.4. The summed E-state index contributed by atoms with van der Waals surface area (Å²) in [7, 11) is 6.11. The van der Waals surface area contributed by atoms with Gasteiger partial charge in [0.25, 0.3) is 0 Å². The molecular formula is C10H15N2O+. The zero-order valence-corrected chi connectivity index (χ0v) is 8.53. The average Bonchev–Trinajstić information content (AvgIpc) is 2.03. The van der Waals surface area contributed by atoms with Crippen LogP contribution in [0.2, 0.25) is 0 Å². The van der Waals surface area contributed by atoms with E-state index in [9.17, 15) is 4.79 Å². The van der Waals surface area contributed by atoms with Gasteiger partial charge in [-0.2, -0.15) is 0 Å². The lowest BCUT2D eigenvalue weighted by Gasteiger charge is -2.21. The topological polar surface area (TPSA) is 30.0 Å². The molecule has 0 radical (unpaired) electrons. The maximum Gasteiger partial charge on any atom is 0.226 e. The van der Waals surface area contributed by atoms with Crippen LogP contribution < -0.4 is 4.48 Å². The van der Waals surface area contributed by atoms with Gasteiger partial charge < -0.3 is 0 Å². The van der Waals surface area contributed by atoms with E-state index in [0.29, 0.717) is 10.0 Å². The highest BCUT2D eigenvalue weighted by Gasteiger charge is 2.13. The molecule has 0 N–H and O–H groups in total. The van der Waals surface area contributed by atoms with E-state index in [4.69, 9.17) is 0 Å². The third kappa shape index (κ3) is 2.36. The van der Waals surface area contributed by atoms with E-state index in [0.717, 1.165) is 5.82 Å². The summed E-state index contributed by atoms with van der Waals surface area (Å²) < 4.78 is 0.665. The Bertz CT molecular complexity index is 309. The molecule has 0 saturated carbocycles. The van der Waals surface area contributed by atoms with Crippen LogP contribution in [-0.2, 0) is 0 Å².